The topological polar surface area (TPSA) is 137 Å². The Morgan fingerprint density at radius 2 is 1.67 bits per heavy atom. The molecule has 12 heteroatoms. The van der Waals surface area contributed by atoms with Crippen molar-refractivity contribution in [2.75, 3.05) is 22.8 Å². The van der Waals surface area contributed by atoms with Crippen LogP contribution in [0.15, 0.2) is 66.7 Å². The molecule has 0 spiro atoms. The maximum absolute atomic E-state index is 13.7. The van der Waals surface area contributed by atoms with Gasteiger partial charge in [-0.1, -0.05) is 31.9 Å². The number of sulfonamides is 1. The van der Waals surface area contributed by atoms with Gasteiger partial charge in [0.2, 0.25) is 10.0 Å². The van der Waals surface area contributed by atoms with Gasteiger partial charge in [0.15, 0.2) is 0 Å². The number of urea groups is 1. The maximum Gasteiger partial charge on any atom is 0.338 e. The summed E-state index contributed by atoms with van der Waals surface area (Å²) in [7, 11) is -3.34. The number of amides is 2. The van der Waals surface area contributed by atoms with E-state index in [4.69, 9.17) is 9.84 Å². The number of rotatable bonds is 12. The second-order valence-corrected chi connectivity index (χ2v) is 12.5. The molecule has 1 saturated heterocycles. The summed E-state index contributed by atoms with van der Waals surface area (Å²) in [6.07, 6.45) is 5.77. The number of nitrogens with one attached hydrogen (secondary N) is 3. The lowest BCUT2D eigenvalue weighted by Crippen LogP contribution is -2.50. The average Bonchev–Trinajstić information content (AvgIpc) is 2.95. The van der Waals surface area contributed by atoms with E-state index in [2.05, 4.69) is 27.2 Å². The number of benzene rings is 3. The molecule has 4 rings (SSSR count). The van der Waals surface area contributed by atoms with E-state index in [9.17, 15) is 22.4 Å². The molecule has 0 aromatic heterocycles. The van der Waals surface area contributed by atoms with Gasteiger partial charge in [0.25, 0.3) is 0 Å². The first kappa shape index (κ1) is 31.8. The van der Waals surface area contributed by atoms with Crippen LogP contribution in [0.4, 0.5) is 20.6 Å². The highest BCUT2D eigenvalue weighted by Gasteiger charge is 2.29. The van der Waals surface area contributed by atoms with Crippen molar-refractivity contribution >= 4 is 33.4 Å². The summed E-state index contributed by atoms with van der Waals surface area (Å²) in [4.78, 5) is 26.3. The number of anilines is 2. The van der Waals surface area contributed by atoms with Crippen molar-refractivity contribution in [2.45, 2.75) is 57.7 Å². The minimum absolute atomic E-state index is 0.0488. The third-order valence-electron chi connectivity index (χ3n) is 7.22. The quantitative estimate of drug-likeness (QED) is 0.196. The fraction of sp³-hybridized carbons (Fsp3) is 0.355. The smallest absolute Gasteiger partial charge is 0.338 e. The molecule has 2 amide bonds. The number of halogens is 1. The molecule has 230 valence electrons. The van der Waals surface area contributed by atoms with Crippen LogP contribution < -0.4 is 20.1 Å². The summed E-state index contributed by atoms with van der Waals surface area (Å²) in [5, 5.41) is 14.7. The van der Waals surface area contributed by atoms with Crippen molar-refractivity contribution in [2.24, 2.45) is 0 Å². The Morgan fingerprint density at radius 1 is 1.02 bits per heavy atom. The third kappa shape index (κ3) is 9.69. The monoisotopic (exact) mass is 612 g/mol. The largest absolute Gasteiger partial charge is 0.478 e. The van der Waals surface area contributed by atoms with Crippen LogP contribution in [0.1, 0.15) is 54.9 Å². The number of likely N-dealkylation sites (tertiary alicyclic amines) is 1. The standard InChI is InChI=1S/C31H37FN4O6S/c1-3-4-5-25-18-24(34-31(39)33-23-10-15-29(32)28(19-23)30(37)38)16-17-36(25)20-21-6-11-26(12-7-21)42-27-13-8-22(9-14-27)35-43(2,40)41/h6-15,19,24-25,35H,3-5,16-18,20H2,1-2H3,(H,37,38)(H2,33,34,39). The molecule has 43 heavy (non-hydrogen) atoms. The van der Waals surface area contributed by atoms with Crippen molar-refractivity contribution < 1.29 is 32.2 Å². The molecule has 0 bridgehead atoms. The van der Waals surface area contributed by atoms with E-state index >= 15 is 0 Å². The van der Waals surface area contributed by atoms with E-state index in [-0.39, 0.29) is 17.8 Å². The number of carboxylic acids is 1. The fourth-order valence-corrected chi connectivity index (χ4v) is 5.70. The van der Waals surface area contributed by atoms with Gasteiger partial charge in [-0.15, -0.1) is 0 Å². The van der Waals surface area contributed by atoms with Crippen LogP contribution in [0.2, 0.25) is 0 Å². The summed E-state index contributed by atoms with van der Waals surface area (Å²) < 4.78 is 44.8. The van der Waals surface area contributed by atoms with Gasteiger partial charge < -0.3 is 20.5 Å². The molecule has 3 aromatic carbocycles. The Bertz CT molecular complexity index is 1520. The summed E-state index contributed by atoms with van der Waals surface area (Å²) in [6.45, 7) is 3.71. The zero-order valence-corrected chi connectivity index (χ0v) is 25.0. The van der Waals surface area contributed by atoms with E-state index in [0.717, 1.165) is 69.1 Å². The summed E-state index contributed by atoms with van der Waals surface area (Å²) >= 11 is 0. The second kappa shape index (κ2) is 14.3. The molecule has 0 aliphatic carbocycles. The van der Waals surface area contributed by atoms with Crippen LogP contribution in [0.3, 0.4) is 0 Å². The Balaban J connectivity index is 1.31. The van der Waals surface area contributed by atoms with Crippen LogP contribution in [0, 0.1) is 5.82 Å². The van der Waals surface area contributed by atoms with Crippen LogP contribution in [0.25, 0.3) is 0 Å². The van der Waals surface area contributed by atoms with Crippen molar-refractivity contribution in [1.29, 1.82) is 0 Å². The van der Waals surface area contributed by atoms with Crippen molar-refractivity contribution in [3.05, 3.63) is 83.7 Å². The Kier molecular flexibility index (Phi) is 10.6. The highest BCUT2D eigenvalue weighted by molar-refractivity contribution is 7.92. The Hall–Kier alpha value is -4.16. The third-order valence-corrected chi connectivity index (χ3v) is 7.83. The highest BCUT2D eigenvalue weighted by atomic mass is 32.2. The number of nitrogens with zero attached hydrogens (tertiary/aromatic N) is 1. The Labute approximate surface area is 251 Å². The first-order valence-electron chi connectivity index (χ1n) is 14.2. The minimum Gasteiger partial charge on any atom is -0.478 e. The molecule has 1 aliphatic heterocycles. The molecule has 10 nitrogen and oxygen atoms in total. The van der Waals surface area contributed by atoms with E-state index in [0.29, 0.717) is 17.2 Å². The zero-order chi connectivity index (χ0) is 31.0. The van der Waals surface area contributed by atoms with Crippen LogP contribution in [0.5, 0.6) is 11.5 Å². The highest BCUT2D eigenvalue weighted by Crippen LogP contribution is 2.27. The maximum atomic E-state index is 13.7. The lowest BCUT2D eigenvalue weighted by molar-refractivity contribution is 0.0691. The number of aromatic carboxylic acids is 1. The molecule has 4 N–H and O–H groups in total. The number of ether oxygens (including phenoxy) is 1. The first-order chi connectivity index (χ1) is 20.5. The molecular formula is C31H37FN4O6S. The zero-order valence-electron chi connectivity index (χ0n) is 24.2. The number of carbonyl (C=O) groups excluding carboxylic acids is 1. The van der Waals surface area contributed by atoms with Gasteiger partial charge in [-0.3, -0.25) is 9.62 Å². The minimum atomic E-state index is -3.34. The van der Waals surface area contributed by atoms with Crippen molar-refractivity contribution in [3.63, 3.8) is 0 Å². The predicted molar refractivity (Wildman–Crippen MR) is 164 cm³/mol. The van der Waals surface area contributed by atoms with Gasteiger partial charge in [-0.25, -0.2) is 22.4 Å². The first-order valence-corrected chi connectivity index (χ1v) is 16.1. The second-order valence-electron chi connectivity index (χ2n) is 10.7. The molecule has 0 radical (unpaired) electrons. The normalized spacial score (nSPS) is 17.2. The predicted octanol–water partition coefficient (Wildman–Crippen LogP) is 6.03. The molecule has 0 saturated carbocycles. The van der Waals surface area contributed by atoms with Gasteiger partial charge in [-0.2, -0.15) is 0 Å². The fourth-order valence-electron chi connectivity index (χ4n) is 5.14. The SMILES string of the molecule is CCCCC1CC(NC(=O)Nc2ccc(F)c(C(=O)O)c2)CCN1Cc1ccc(Oc2ccc(NS(C)(=O)=O)cc2)cc1. The van der Waals surface area contributed by atoms with Crippen LogP contribution in [-0.2, 0) is 16.6 Å². The average molecular weight is 613 g/mol. The van der Waals surface area contributed by atoms with Gasteiger partial charge >= 0.3 is 12.0 Å². The molecule has 1 heterocycles. The number of hydrogen-bond acceptors (Lipinski definition) is 6. The lowest BCUT2D eigenvalue weighted by Gasteiger charge is -2.40. The van der Waals surface area contributed by atoms with Crippen molar-refractivity contribution in [1.82, 2.24) is 10.2 Å². The number of carboxylic acid groups (broad SMARTS) is 1. The van der Waals surface area contributed by atoms with E-state index in [1.807, 2.05) is 24.3 Å². The summed E-state index contributed by atoms with van der Waals surface area (Å²) in [5.41, 5.74) is 1.31. The molecular weight excluding hydrogens is 575 g/mol. The van der Waals surface area contributed by atoms with Gasteiger partial charge in [-0.05, 0) is 79.4 Å². The molecule has 1 aliphatic rings. The van der Waals surface area contributed by atoms with Crippen LogP contribution >= 0.6 is 0 Å². The van der Waals surface area contributed by atoms with Gasteiger partial charge in [0, 0.05) is 36.5 Å². The molecule has 1 fully saturated rings. The molecule has 3 aromatic rings. The van der Waals surface area contributed by atoms with Gasteiger partial charge in [0.1, 0.15) is 17.3 Å². The number of piperidine rings is 1. The van der Waals surface area contributed by atoms with E-state index in [1.165, 1.54) is 6.07 Å². The van der Waals surface area contributed by atoms with Gasteiger partial charge in [0.05, 0.1) is 11.8 Å². The summed E-state index contributed by atoms with van der Waals surface area (Å²) in [6, 6.07) is 17.8. The van der Waals surface area contributed by atoms with Crippen molar-refractivity contribution in [3.8, 4) is 11.5 Å². The molecule has 2 unspecified atom stereocenters. The summed E-state index contributed by atoms with van der Waals surface area (Å²) in [5.74, 6) is -0.999. The number of unbranched alkanes of at least 4 members (excludes halogenated alkanes) is 1. The lowest BCUT2D eigenvalue weighted by atomic mass is 9.93. The number of hydrogen-bond donors (Lipinski definition) is 4. The molecule has 2 atom stereocenters. The Morgan fingerprint density at radius 3 is 2.30 bits per heavy atom. The van der Waals surface area contributed by atoms with E-state index in [1.54, 1.807) is 24.3 Å². The van der Waals surface area contributed by atoms with Crippen LogP contribution in [-0.4, -0.2) is 55.3 Å². The van der Waals surface area contributed by atoms with E-state index < -0.39 is 33.4 Å². The number of carbonyl (C=O) groups is 2.